The molecule has 0 saturated carbocycles. The van der Waals surface area contributed by atoms with Gasteiger partial charge in [-0.05, 0) is 13.0 Å². The second-order valence-electron chi connectivity index (χ2n) is 2.41. The average molecular weight is 163 g/mol. The molecular formula is C8H10BNO2. The number of esters is 1. The van der Waals surface area contributed by atoms with Crippen LogP contribution in [0.3, 0.4) is 0 Å². The summed E-state index contributed by atoms with van der Waals surface area (Å²) in [4.78, 5) is 15.1. The fourth-order valence-corrected chi connectivity index (χ4v) is 0.911. The SMILES string of the molecule is Bc1cnccc1C(=O)OCC. The van der Waals surface area contributed by atoms with Gasteiger partial charge in [-0.1, -0.05) is 5.46 Å². The number of hydrogen-bond donors (Lipinski definition) is 0. The summed E-state index contributed by atoms with van der Waals surface area (Å²) in [6.07, 6.45) is 3.23. The Kier molecular flexibility index (Phi) is 2.85. The zero-order valence-electron chi connectivity index (χ0n) is 7.20. The van der Waals surface area contributed by atoms with Crippen molar-refractivity contribution in [3.63, 3.8) is 0 Å². The second-order valence-corrected chi connectivity index (χ2v) is 2.41. The molecule has 1 aromatic heterocycles. The lowest BCUT2D eigenvalue weighted by atomic mass is 9.93. The van der Waals surface area contributed by atoms with Gasteiger partial charge in [-0.2, -0.15) is 0 Å². The van der Waals surface area contributed by atoms with Gasteiger partial charge >= 0.3 is 5.97 Å². The summed E-state index contributed by atoms with van der Waals surface area (Å²) in [6, 6.07) is 1.66. The molecule has 3 nitrogen and oxygen atoms in total. The lowest BCUT2D eigenvalue weighted by Gasteiger charge is -2.03. The first-order valence-corrected chi connectivity index (χ1v) is 3.83. The van der Waals surface area contributed by atoms with E-state index in [-0.39, 0.29) is 5.97 Å². The normalized spacial score (nSPS) is 9.42. The van der Waals surface area contributed by atoms with Crippen molar-refractivity contribution in [2.75, 3.05) is 6.61 Å². The molecule has 0 amide bonds. The van der Waals surface area contributed by atoms with E-state index in [2.05, 4.69) is 4.98 Å². The van der Waals surface area contributed by atoms with Crippen molar-refractivity contribution in [3.05, 3.63) is 24.0 Å². The van der Waals surface area contributed by atoms with Gasteiger partial charge in [0.2, 0.25) is 0 Å². The van der Waals surface area contributed by atoms with E-state index in [0.717, 1.165) is 5.46 Å². The summed E-state index contributed by atoms with van der Waals surface area (Å²) < 4.78 is 4.84. The van der Waals surface area contributed by atoms with E-state index in [0.29, 0.717) is 12.2 Å². The van der Waals surface area contributed by atoms with Crippen molar-refractivity contribution in [1.82, 2.24) is 4.98 Å². The van der Waals surface area contributed by atoms with E-state index in [1.54, 1.807) is 25.4 Å². The molecule has 0 unspecified atom stereocenters. The van der Waals surface area contributed by atoms with Crippen LogP contribution in [0.2, 0.25) is 0 Å². The summed E-state index contributed by atoms with van der Waals surface area (Å²) in [6.45, 7) is 2.19. The molecule has 1 aromatic rings. The summed E-state index contributed by atoms with van der Waals surface area (Å²) >= 11 is 0. The molecule has 0 aromatic carbocycles. The molecule has 1 heterocycles. The summed E-state index contributed by atoms with van der Waals surface area (Å²) in [7, 11) is 1.83. The van der Waals surface area contributed by atoms with E-state index in [1.807, 2.05) is 7.85 Å². The van der Waals surface area contributed by atoms with Gasteiger partial charge in [0, 0.05) is 12.4 Å². The summed E-state index contributed by atoms with van der Waals surface area (Å²) in [5, 5.41) is 0. The Hall–Kier alpha value is -1.32. The molecule has 0 radical (unpaired) electrons. The Morgan fingerprint density at radius 2 is 2.50 bits per heavy atom. The van der Waals surface area contributed by atoms with Crippen LogP contribution in [0.5, 0.6) is 0 Å². The zero-order chi connectivity index (χ0) is 8.97. The van der Waals surface area contributed by atoms with Crippen LogP contribution in [0.1, 0.15) is 17.3 Å². The average Bonchev–Trinajstić information content (AvgIpc) is 2.05. The molecule has 4 heteroatoms. The van der Waals surface area contributed by atoms with Crippen molar-refractivity contribution in [2.45, 2.75) is 6.92 Å². The highest BCUT2D eigenvalue weighted by Gasteiger charge is 2.07. The molecule has 1 rings (SSSR count). The molecule has 0 N–H and O–H groups in total. The maximum atomic E-state index is 11.2. The highest BCUT2D eigenvalue weighted by molar-refractivity contribution is 6.35. The van der Waals surface area contributed by atoms with Crippen molar-refractivity contribution in [1.29, 1.82) is 0 Å². The summed E-state index contributed by atoms with van der Waals surface area (Å²) in [5.41, 5.74) is 1.43. The molecule has 62 valence electrons. The van der Waals surface area contributed by atoms with Crippen LogP contribution in [-0.4, -0.2) is 25.4 Å². The third kappa shape index (κ3) is 1.84. The minimum Gasteiger partial charge on any atom is -0.462 e. The van der Waals surface area contributed by atoms with E-state index in [9.17, 15) is 4.79 Å². The van der Waals surface area contributed by atoms with Crippen LogP contribution in [0, 0.1) is 0 Å². The predicted molar refractivity (Wildman–Crippen MR) is 48.4 cm³/mol. The third-order valence-electron chi connectivity index (χ3n) is 1.52. The number of carbonyl (C=O) groups is 1. The maximum Gasteiger partial charge on any atom is 0.337 e. The Morgan fingerprint density at radius 1 is 1.75 bits per heavy atom. The largest absolute Gasteiger partial charge is 0.462 e. The van der Waals surface area contributed by atoms with Crippen LogP contribution < -0.4 is 5.46 Å². The standard InChI is InChI=1S/C8H10BNO2/c1-2-12-8(11)6-3-4-10-5-7(6)9/h3-5H,2,9H2,1H3. The topological polar surface area (TPSA) is 39.2 Å². The lowest BCUT2D eigenvalue weighted by Crippen LogP contribution is -2.18. The highest BCUT2D eigenvalue weighted by Crippen LogP contribution is 1.95. The molecular weight excluding hydrogens is 153 g/mol. The molecule has 0 atom stereocenters. The smallest absolute Gasteiger partial charge is 0.337 e. The van der Waals surface area contributed by atoms with Gasteiger partial charge in [-0.15, -0.1) is 0 Å². The van der Waals surface area contributed by atoms with E-state index < -0.39 is 0 Å². The monoisotopic (exact) mass is 163 g/mol. The quantitative estimate of drug-likeness (QED) is 0.436. The summed E-state index contributed by atoms with van der Waals surface area (Å²) in [5.74, 6) is -0.280. The highest BCUT2D eigenvalue weighted by atomic mass is 16.5. The number of nitrogens with zero attached hydrogens (tertiary/aromatic N) is 1. The van der Waals surface area contributed by atoms with Gasteiger partial charge in [0.05, 0.1) is 12.2 Å². The minimum atomic E-state index is -0.280. The first-order valence-electron chi connectivity index (χ1n) is 3.83. The Morgan fingerprint density at radius 3 is 3.08 bits per heavy atom. The number of hydrogen-bond acceptors (Lipinski definition) is 3. The number of pyridine rings is 1. The zero-order valence-corrected chi connectivity index (χ0v) is 7.20. The molecule has 0 bridgehead atoms. The van der Waals surface area contributed by atoms with Gasteiger partial charge in [-0.25, -0.2) is 4.79 Å². The Labute approximate surface area is 72.2 Å². The molecule has 0 spiro atoms. The molecule has 0 aliphatic heterocycles. The number of ether oxygens (including phenoxy) is 1. The van der Waals surface area contributed by atoms with Crippen molar-refractivity contribution >= 4 is 19.3 Å². The number of aromatic nitrogens is 1. The van der Waals surface area contributed by atoms with E-state index in [4.69, 9.17) is 4.74 Å². The fourth-order valence-electron chi connectivity index (χ4n) is 0.911. The molecule has 0 fully saturated rings. The first kappa shape index (κ1) is 8.78. The second kappa shape index (κ2) is 3.90. The van der Waals surface area contributed by atoms with Crippen molar-refractivity contribution < 1.29 is 9.53 Å². The molecule has 0 aliphatic rings. The van der Waals surface area contributed by atoms with Gasteiger partial charge < -0.3 is 4.74 Å². The Balaban J connectivity index is 2.87. The molecule has 0 aliphatic carbocycles. The van der Waals surface area contributed by atoms with Gasteiger partial charge in [0.25, 0.3) is 0 Å². The maximum absolute atomic E-state index is 11.2. The van der Waals surface area contributed by atoms with Gasteiger partial charge in [0.15, 0.2) is 0 Å². The van der Waals surface area contributed by atoms with Gasteiger partial charge in [-0.3, -0.25) is 4.98 Å². The first-order chi connectivity index (χ1) is 5.75. The number of carbonyl (C=O) groups excluding carboxylic acids is 1. The van der Waals surface area contributed by atoms with Gasteiger partial charge in [0.1, 0.15) is 7.85 Å². The fraction of sp³-hybridized carbons (Fsp3) is 0.250. The van der Waals surface area contributed by atoms with E-state index in [1.165, 1.54) is 0 Å². The van der Waals surface area contributed by atoms with Crippen molar-refractivity contribution in [3.8, 4) is 0 Å². The third-order valence-corrected chi connectivity index (χ3v) is 1.52. The van der Waals surface area contributed by atoms with Crippen LogP contribution >= 0.6 is 0 Å². The van der Waals surface area contributed by atoms with Crippen LogP contribution in [0.25, 0.3) is 0 Å². The van der Waals surface area contributed by atoms with E-state index >= 15 is 0 Å². The predicted octanol–water partition coefficient (Wildman–Crippen LogP) is -0.483. The van der Waals surface area contributed by atoms with Crippen molar-refractivity contribution in [2.24, 2.45) is 0 Å². The molecule has 0 saturated heterocycles. The minimum absolute atomic E-state index is 0.280. The van der Waals surface area contributed by atoms with Crippen LogP contribution in [0.4, 0.5) is 0 Å². The lowest BCUT2D eigenvalue weighted by molar-refractivity contribution is 0.0528. The Bertz CT molecular complexity index is 288. The molecule has 12 heavy (non-hydrogen) atoms. The van der Waals surface area contributed by atoms with Crippen LogP contribution in [0.15, 0.2) is 18.5 Å². The van der Waals surface area contributed by atoms with Crippen LogP contribution in [-0.2, 0) is 4.74 Å². The number of rotatable bonds is 2.